The molecule has 0 radical (unpaired) electrons. The van der Waals surface area contributed by atoms with Crippen molar-refractivity contribution < 1.29 is 54.4 Å². The van der Waals surface area contributed by atoms with Crippen LogP contribution in [-0.2, 0) is 30.6 Å². The third kappa shape index (κ3) is 7.74. The molecule has 2 aliphatic heterocycles. The van der Waals surface area contributed by atoms with Crippen molar-refractivity contribution >= 4 is 44.7 Å². The molecule has 1 aromatic carbocycles. The molecule has 5 unspecified atom stereocenters. The van der Waals surface area contributed by atoms with Crippen LogP contribution in [0, 0.1) is 11.7 Å². The van der Waals surface area contributed by atoms with Crippen molar-refractivity contribution in [1.29, 1.82) is 0 Å². The molecule has 2 aliphatic carbocycles. The Hall–Kier alpha value is -5.14. The predicted octanol–water partition coefficient (Wildman–Crippen LogP) is 2.93. The summed E-state index contributed by atoms with van der Waals surface area (Å²) in [6.45, 7) is -0.466. The topological polar surface area (TPSA) is 203 Å². The molecule has 1 saturated heterocycles. The van der Waals surface area contributed by atoms with Crippen molar-refractivity contribution in [1.82, 2.24) is 35.4 Å². The van der Waals surface area contributed by atoms with Gasteiger partial charge in [0.2, 0.25) is 33.4 Å². The summed E-state index contributed by atoms with van der Waals surface area (Å²) < 4.78 is 94.8. The van der Waals surface area contributed by atoms with Gasteiger partial charge < -0.3 is 24.8 Å². The second kappa shape index (κ2) is 14.3. The number of carbonyl (C=O) groups excluding carboxylic acids is 4. The van der Waals surface area contributed by atoms with Crippen LogP contribution in [0.4, 0.5) is 17.6 Å². The summed E-state index contributed by atoms with van der Waals surface area (Å²) in [6.07, 6.45) is 1.22. The molecule has 4 amide bonds. The highest BCUT2D eigenvalue weighted by Crippen LogP contribution is 2.46. The van der Waals surface area contributed by atoms with Crippen LogP contribution in [0.2, 0.25) is 0 Å². The van der Waals surface area contributed by atoms with E-state index >= 15 is 0 Å². The number of fused-ring (bicyclic) bond motifs is 3. The number of allylic oxidation sites excluding steroid dienone is 1. The standard InChI is InChI=1S/C34H35F4N7O8S/c35-19-8-11-22-25(14-19)41-30(27(39-22)34(36,37)38)53-20-15-26-29(47)42-33(32(49)44-54(50,51)21-9-10-21)16-18(33)6-4-2-1-3-5-7-24(31(48)45(26)17-20)40-28(46)23-12-13-52-43-23/h4,6,8,11-14,18,20-21,24,26H,1-3,5,7,9-10,15-17H2,(H,40,46)(H,42,47)(H,44,49). The quantitative estimate of drug-likeness (QED) is 0.235. The number of amides is 4. The van der Waals surface area contributed by atoms with Gasteiger partial charge in [-0.15, -0.1) is 0 Å². The zero-order valence-electron chi connectivity index (χ0n) is 28.5. The molecule has 2 saturated carbocycles. The van der Waals surface area contributed by atoms with Crippen LogP contribution in [0.5, 0.6) is 5.88 Å². The molecule has 3 N–H and O–H groups in total. The number of rotatable bonds is 7. The van der Waals surface area contributed by atoms with Crippen molar-refractivity contribution in [2.75, 3.05) is 6.54 Å². The largest absolute Gasteiger partial charge is 0.471 e. The molecule has 54 heavy (non-hydrogen) atoms. The van der Waals surface area contributed by atoms with E-state index in [2.05, 4.69) is 30.5 Å². The van der Waals surface area contributed by atoms with Crippen LogP contribution in [0.15, 0.2) is 47.2 Å². The zero-order valence-corrected chi connectivity index (χ0v) is 29.3. The molecule has 0 bridgehead atoms. The number of ether oxygens (including phenoxy) is 1. The van der Waals surface area contributed by atoms with Crippen LogP contribution >= 0.6 is 0 Å². The molecule has 4 aliphatic rings. The summed E-state index contributed by atoms with van der Waals surface area (Å²) in [5, 5.41) is 8.15. The number of aromatic nitrogens is 3. The predicted molar refractivity (Wildman–Crippen MR) is 178 cm³/mol. The highest BCUT2D eigenvalue weighted by Gasteiger charge is 2.62. The third-order valence-electron chi connectivity index (χ3n) is 9.96. The SMILES string of the molecule is O=C(NC1CCCCCC=CC2CC2(C(=O)NS(=O)(=O)C2CC2)NC(=O)C2CC(Oc3nc4cc(F)ccc4nc3C(F)(F)F)CN2C1=O)c1ccon1. The van der Waals surface area contributed by atoms with Gasteiger partial charge in [0.15, 0.2) is 5.69 Å². The van der Waals surface area contributed by atoms with Crippen LogP contribution in [-0.4, -0.2) is 87.6 Å². The van der Waals surface area contributed by atoms with E-state index in [1.54, 1.807) is 6.08 Å². The number of hydrogen-bond donors (Lipinski definition) is 3. The first-order valence-corrected chi connectivity index (χ1v) is 19.0. The van der Waals surface area contributed by atoms with Gasteiger partial charge in [-0.3, -0.25) is 23.9 Å². The van der Waals surface area contributed by atoms with Gasteiger partial charge in [0.1, 0.15) is 35.8 Å². The first kappa shape index (κ1) is 37.2. The Morgan fingerprint density at radius 1 is 1.06 bits per heavy atom. The van der Waals surface area contributed by atoms with Gasteiger partial charge in [-0.2, -0.15) is 13.2 Å². The number of carbonyl (C=O) groups is 4. The summed E-state index contributed by atoms with van der Waals surface area (Å²) in [7, 11) is -4.01. The maximum atomic E-state index is 14.3. The monoisotopic (exact) mass is 777 g/mol. The Bertz CT molecular complexity index is 2110. The molecule has 15 nitrogen and oxygen atoms in total. The Labute approximate surface area is 305 Å². The van der Waals surface area contributed by atoms with Crippen LogP contribution in [0.3, 0.4) is 0 Å². The second-order valence-corrected chi connectivity index (χ2v) is 15.9. The van der Waals surface area contributed by atoms with E-state index in [0.29, 0.717) is 38.5 Å². The fraction of sp³-hybridized carbons (Fsp3) is 0.500. The van der Waals surface area contributed by atoms with Crippen molar-refractivity contribution in [2.24, 2.45) is 5.92 Å². The molecular formula is C34H35F4N7O8S. The Morgan fingerprint density at radius 2 is 1.85 bits per heavy atom. The van der Waals surface area contributed by atoms with E-state index < -0.39 is 105 Å². The van der Waals surface area contributed by atoms with Gasteiger partial charge in [-0.05, 0) is 50.7 Å². The van der Waals surface area contributed by atoms with Gasteiger partial charge in [-0.1, -0.05) is 30.2 Å². The van der Waals surface area contributed by atoms with E-state index in [9.17, 15) is 45.2 Å². The third-order valence-corrected chi connectivity index (χ3v) is 11.8. The number of benzene rings is 1. The Kier molecular flexibility index (Phi) is 9.82. The van der Waals surface area contributed by atoms with E-state index in [1.807, 2.05) is 6.08 Å². The molecular weight excluding hydrogens is 742 g/mol. The first-order chi connectivity index (χ1) is 25.6. The van der Waals surface area contributed by atoms with Crippen molar-refractivity contribution in [3.05, 3.63) is 59.9 Å². The maximum absolute atomic E-state index is 14.3. The minimum atomic E-state index is -5.06. The molecule has 20 heteroatoms. The van der Waals surface area contributed by atoms with E-state index in [4.69, 9.17) is 9.26 Å². The summed E-state index contributed by atoms with van der Waals surface area (Å²) in [6, 6.07) is 1.42. The highest BCUT2D eigenvalue weighted by molar-refractivity contribution is 7.91. The highest BCUT2D eigenvalue weighted by atomic mass is 32.2. The Balaban J connectivity index is 1.22. The number of hydrogen-bond acceptors (Lipinski definition) is 11. The lowest BCUT2D eigenvalue weighted by molar-refractivity contribution is -0.143. The molecule has 2 aromatic heterocycles. The molecule has 5 atom stereocenters. The summed E-state index contributed by atoms with van der Waals surface area (Å²) in [5.41, 5.74) is -3.82. The first-order valence-electron chi connectivity index (χ1n) is 17.4. The van der Waals surface area contributed by atoms with Crippen molar-refractivity contribution in [3.63, 3.8) is 0 Å². The number of nitrogens with one attached hydrogen (secondary N) is 3. The van der Waals surface area contributed by atoms with E-state index in [1.165, 1.54) is 6.07 Å². The molecule has 7 rings (SSSR count). The fourth-order valence-corrected chi connectivity index (χ4v) is 8.21. The molecule has 288 valence electrons. The maximum Gasteiger partial charge on any atom is 0.438 e. The minimum absolute atomic E-state index is 0.0520. The number of sulfonamides is 1. The van der Waals surface area contributed by atoms with Gasteiger partial charge in [0.05, 0.1) is 22.8 Å². The lowest BCUT2D eigenvalue weighted by Gasteiger charge is -2.29. The van der Waals surface area contributed by atoms with Gasteiger partial charge in [0, 0.05) is 24.5 Å². The van der Waals surface area contributed by atoms with Crippen molar-refractivity contribution in [3.8, 4) is 5.88 Å². The van der Waals surface area contributed by atoms with Gasteiger partial charge in [0.25, 0.3) is 11.8 Å². The Morgan fingerprint density at radius 3 is 2.57 bits per heavy atom. The summed E-state index contributed by atoms with van der Waals surface area (Å²) in [4.78, 5) is 63.8. The average Bonchev–Trinajstić information content (AvgIpc) is 3.97. The normalized spacial score (nSPS) is 26.6. The number of nitrogens with zero attached hydrogens (tertiary/aromatic N) is 4. The minimum Gasteiger partial charge on any atom is -0.471 e. The zero-order chi connectivity index (χ0) is 38.4. The van der Waals surface area contributed by atoms with Crippen LogP contribution in [0.1, 0.15) is 74.0 Å². The molecule has 3 fully saturated rings. The molecule has 3 aromatic rings. The van der Waals surface area contributed by atoms with Gasteiger partial charge >= 0.3 is 6.18 Å². The summed E-state index contributed by atoms with van der Waals surface area (Å²) >= 11 is 0. The summed E-state index contributed by atoms with van der Waals surface area (Å²) in [5.74, 6) is -5.75. The number of halogens is 4. The van der Waals surface area contributed by atoms with Gasteiger partial charge in [-0.25, -0.2) is 22.8 Å². The fourth-order valence-electron chi connectivity index (χ4n) is 6.85. The molecule has 0 spiro atoms. The second-order valence-electron chi connectivity index (χ2n) is 13.9. The van der Waals surface area contributed by atoms with E-state index in [0.717, 1.165) is 29.4 Å². The average molecular weight is 778 g/mol. The lowest BCUT2D eigenvalue weighted by atomic mass is 10.0. The van der Waals surface area contributed by atoms with Crippen LogP contribution < -0.4 is 20.1 Å². The smallest absolute Gasteiger partial charge is 0.438 e. The number of alkyl halides is 3. The van der Waals surface area contributed by atoms with Crippen LogP contribution in [0.25, 0.3) is 11.0 Å². The molecule has 4 heterocycles. The van der Waals surface area contributed by atoms with E-state index in [-0.39, 0.29) is 29.6 Å². The lowest BCUT2D eigenvalue weighted by Crippen LogP contribution is -2.58. The van der Waals surface area contributed by atoms with Crippen molar-refractivity contribution in [2.45, 2.75) is 92.9 Å².